The minimum absolute atomic E-state index is 0.00114. The highest BCUT2D eigenvalue weighted by atomic mass is 19.4. The van der Waals surface area contributed by atoms with Crippen LogP contribution in [0, 0.1) is 0 Å². The lowest BCUT2D eigenvalue weighted by molar-refractivity contribution is -0.141. The lowest BCUT2D eigenvalue weighted by atomic mass is 10.2. The normalized spacial score (nSPS) is 16.3. The number of hydrogen-bond acceptors (Lipinski definition) is 8. The van der Waals surface area contributed by atoms with Crippen LogP contribution in [0.4, 0.5) is 18.9 Å². The third kappa shape index (κ3) is 4.69. The molecule has 0 radical (unpaired) electrons. The molecule has 1 unspecified atom stereocenters. The SMILES string of the molecule is CC(=O)c1nc2nn(C3CCCCO3)cc2cc1NC(=O)c1coc(-c2ccnc(C(F)(F)F)c2)n1. The van der Waals surface area contributed by atoms with Crippen LogP contribution in [0.15, 0.2) is 41.3 Å². The standard InChI is InChI=1S/C23H19F3N6O4/c1-12(33)19-15(8-14-10-32(31-20(14)30-19)18-4-2-3-7-35-18)28-21(34)16-11-36-22(29-16)13-5-6-27-17(9-13)23(24,25)26/h5-6,8-11,18H,2-4,7H2,1H3,(H,28,34). The second kappa shape index (κ2) is 9.15. The number of nitrogens with one attached hydrogen (secondary N) is 1. The van der Waals surface area contributed by atoms with Gasteiger partial charge in [-0.15, -0.1) is 5.10 Å². The average molecular weight is 500 g/mol. The molecular formula is C23H19F3N6O4. The first kappa shape index (κ1) is 23.6. The van der Waals surface area contributed by atoms with Gasteiger partial charge in [0.15, 0.2) is 17.1 Å². The summed E-state index contributed by atoms with van der Waals surface area (Å²) in [7, 11) is 0. The molecule has 1 aliphatic rings. The van der Waals surface area contributed by atoms with Crippen LogP contribution in [-0.4, -0.2) is 43.0 Å². The number of anilines is 1. The van der Waals surface area contributed by atoms with E-state index < -0.39 is 23.6 Å². The van der Waals surface area contributed by atoms with Crippen molar-refractivity contribution in [1.82, 2.24) is 24.7 Å². The van der Waals surface area contributed by atoms with Crippen molar-refractivity contribution in [2.24, 2.45) is 0 Å². The van der Waals surface area contributed by atoms with Crippen LogP contribution in [0.2, 0.25) is 0 Å². The topological polar surface area (TPSA) is 125 Å². The van der Waals surface area contributed by atoms with E-state index in [0.717, 1.165) is 37.8 Å². The van der Waals surface area contributed by atoms with Crippen LogP contribution in [0.5, 0.6) is 0 Å². The number of halogens is 3. The number of ketones is 1. The molecule has 1 atom stereocenters. The molecule has 0 saturated carbocycles. The van der Waals surface area contributed by atoms with E-state index in [-0.39, 0.29) is 34.8 Å². The first-order valence-corrected chi connectivity index (χ1v) is 11.0. The Bertz CT molecular complexity index is 1460. The molecule has 0 spiro atoms. The van der Waals surface area contributed by atoms with Gasteiger partial charge < -0.3 is 14.5 Å². The van der Waals surface area contributed by atoms with Gasteiger partial charge in [-0.1, -0.05) is 0 Å². The number of carbonyl (C=O) groups is 2. The molecule has 13 heteroatoms. The van der Waals surface area contributed by atoms with Crippen molar-refractivity contribution in [3.8, 4) is 11.5 Å². The maximum atomic E-state index is 13.0. The molecule has 0 aliphatic carbocycles. The van der Waals surface area contributed by atoms with E-state index in [1.165, 1.54) is 13.0 Å². The number of oxazole rings is 1. The molecule has 0 bridgehead atoms. The van der Waals surface area contributed by atoms with E-state index in [4.69, 9.17) is 9.15 Å². The summed E-state index contributed by atoms with van der Waals surface area (Å²) in [5, 5.41) is 7.59. The number of ether oxygens (including phenoxy) is 1. The Morgan fingerprint density at radius 3 is 2.75 bits per heavy atom. The highest BCUT2D eigenvalue weighted by molar-refractivity contribution is 6.08. The third-order valence-electron chi connectivity index (χ3n) is 5.58. The fourth-order valence-corrected chi connectivity index (χ4v) is 3.83. The number of rotatable bonds is 5. The number of hydrogen-bond donors (Lipinski definition) is 1. The van der Waals surface area contributed by atoms with Gasteiger partial charge in [-0.05, 0) is 37.5 Å². The Kier molecular flexibility index (Phi) is 6.00. The molecule has 0 aromatic carbocycles. The Labute approximate surface area is 201 Å². The minimum Gasteiger partial charge on any atom is -0.444 e. The number of pyridine rings is 2. The van der Waals surface area contributed by atoms with E-state index in [1.807, 2.05) is 0 Å². The Morgan fingerprint density at radius 2 is 2.03 bits per heavy atom. The van der Waals surface area contributed by atoms with Crippen LogP contribution in [-0.2, 0) is 10.9 Å². The van der Waals surface area contributed by atoms with Crippen molar-refractivity contribution in [2.75, 3.05) is 11.9 Å². The van der Waals surface area contributed by atoms with E-state index in [2.05, 4.69) is 25.4 Å². The van der Waals surface area contributed by atoms with Gasteiger partial charge in [0.2, 0.25) is 5.89 Å². The van der Waals surface area contributed by atoms with E-state index in [9.17, 15) is 22.8 Å². The molecule has 4 aromatic rings. The summed E-state index contributed by atoms with van der Waals surface area (Å²) in [5.74, 6) is -1.32. The van der Waals surface area contributed by atoms with Gasteiger partial charge in [0.25, 0.3) is 5.91 Å². The van der Waals surface area contributed by atoms with Gasteiger partial charge in [0.1, 0.15) is 23.9 Å². The van der Waals surface area contributed by atoms with Crippen LogP contribution in [0.25, 0.3) is 22.5 Å². The molecule has 36 heavy (non-hydrogen) atoms. The number of alkyl halides is 3. The van der Waals surface area contributed by atoms with Crippen molar-refractivity contribution in [1.29, 1.82) is 0 Å². The molecule has 5 rings (SSSR count). The van der Waals surface area contributed by atoms with Crippen LogP contribution < -0.4 is 5.32 Å². The summed E-state index contributed by atoms with van der Waals surface area (Å²) >= 11 is 0. The summed E-state index contributed by atoms with van der Waals surface area (Å²) in [5.41, 5.74) is -0.851. The summed E-state index contributed by atoms with van der Waals surface area (Å²) < 4.78 is 51.5. The lowest BCUT2D eigenvalue weighted by Gasteiger charge is -2.22. The van der Waals surface area contributed by atoms with Crippen LogP contribution >= 0.6 is 0 Å². The van der Waals surface area contributed by atoms with Crippen LogP contribution in [0.3, 0.4) is 0 Å². The second-order valence-corrected chi connectivity index (χ2v) is 8.20. The maximum absolute atomic E-state index is 13.0. The minimum atomic E-state index is -4.64. The molecule has 1 N–H and O–H groups in total. The third-order valence-corrected chi connectivity index (χ3v) is 5.58. The van der Waals surface area contributed by atoms with E-state index >= 15 is 0 Å². The number of Topliss-reactive ketones (excluding diaryl/α,β-unsaturated/α-hetero) is 1. The summed E-state index contributed by atoms with van der Waals surface area (Å²) in [6.45, 7) is 1.94. The average Bonchev–Trinajstić information content (AvgIpc) is 3.51. The van der Waals surface area contributed by atoms with Gasteiger partial charge in [-0.25, -0.2) is 14.6 Å². The Morgan fingerprint density at radius 1 is 1.19 bits per heavy atom. The molecule has 10 nitrogen and oxygen atoms in total. The van der Waals surface area contributed by atoms with Crippen molar-refractivity contribution >= 4 is 28.4 Å². The lowest BCUT2D eigenvalue weighted by Crippen LogP contribution is -2.18. The molecule has 1 aliphatic heterocycles. The molecule has 186 valence electrons. The molecule has 1 fully saturated rings. The zero-order valence-electron chi connectivity index (χ0n) is 18.9. The number of carbonyl (C=O) groups excluding carboxylic acids is 2. The molecular weight excluding hydrogens is 481 g/mol. The number of nitrogens with zero attached hydrogens (tertiary/aromatic N) is 5. The van der Waals surface area contributed by atoms with Crippen molar-refractivity contribution in [2.45, 2.75) is 38.6 Å². The fraction of sp³-hybridized carbons (Fsp3) is 0.304. The maximum Gasteiger partial charge on any atom is 0.433 e. The smallest absolute Gasteiger partial charge is 0.433 e. The highest BCUT2D eigenvalue weighted by Crippen LogP contribution is 2.31. The molecule has 5 heterocycles. The van der Waals surface area contributed by atoms with Crippen molar-refractivity contribution < 1.29 is 31.9 Å². The van der Waals surface area contributed by atoms with Gasteiger partial charge in [-0.3, -0.25) is 14.6 Å². The van der Waals surface area contributed by atoms with Gasteiger partial charge in [0.05, 0.1) is 5.69 Å². The van der Waals surface area contributed by atoms with Gasteiger partial charge in [-0.2, -0.15) is 13.2 Å². The summed E-state index contributed by atoms with van der Waals surface area (Å²) in [4.78, 5) is 36.7. The van der Waals surface area contributed by atoms with E-state index in [0.29, 0.717) is 17.6 Å². The zero-order valence-corrected chi connectivity index (χ0v) is 18.9. The Hall–Kier alpha value is -4.13. The van der Waals surface area contributed by atoms with E-state index in [1.54, 1.807) is 16.9 Å². The second-order valence-electron chi connectivity index (χ2n) is 8.20. The largest absolute Gasteiger partial charge is 0.444 e. The quantitative estimate of drug-likeness (QED) is 0.393. The number of aromatic nitrogens is 5. The first-order chi connectivity index (χ1) is 17.2. The van der Waals surface area contributed by atoms with Crippen LogP contribution in [0.1, 0.15) is 59.1 Å². The molecule has 4 aromatic heterocycles. The number of fused-ring (bicyclic) bond motifs is 1. The number of amides is 1. The predicted octanol–water partition coefficient (Wildman–Crippen LogP) is 4.65. The monoisotopic (exact) mass is 500 g/mol. The molecule has 1 saturated heterocycles. The van der Waals surface area contributed by atoms with Gasteiger partial charge >= 0.3 is 6.18 Å². The molecule has 1 amide bonds. The fourth-order valence-electron chi connectivity index (χ4n) is 3.83. The Balaban J connectivity index is 1.41. The van der Waals surface area contributed by atoms with Crippen molar-refractivity contribution in [3.63, 3.8) is 0 Å². The van der Waals surface area contributed by atoms with Crippen molar-refractivity contribution in [3.05, 3.63) is 53.9 Å². The first-order valence-electron chi connectivity index (χ1n) is 11.0. The predicted molar refractivity (Wildman–Crippen MR) is 119 cm³/mol. The highest BCUT2D eigenvalue weighted by Gasteiger charge is 2.33. The zero-order chi connectivity index (χ0) is 25.4. The van der Waals surface area contributed by atoms with Gasteiger partial charge in [0, 0.05) is 36.9 Å². The summed E-state index contributed by atoms with van der Waals surface area (Å²) in [6.07, 6.45) is 1.62. The summed E-state index contributed by atoms with van der Waals surface area (Å²) in [6, 6.07) is 3.62.